The molecule has 8 heteroatoms. The van der Waals surface area contributed by atoms with Crippen LogP contribution in [0.25, 0.3) is 0 Å². The van der Waals surface area contributed by atoms with Crippen LogP contribution in [0.2, 0.25) is 0 Å². The van der Waals surface area contributed by atoms with Crippen molar-refractivity contribution in [2.24, 2.45) is 10.9 Å². The Kier molecular flexibility index (Phi) is 12.3. The van der Waals surface area contributed by atoms with Gasteiger partial charge in [0.1, 0.15) is 0 Å². The van der Waals surface area contributed by atoms with E-state index >= 15 is 0 Å². The number of nitrogens with zero attached hydrogens (tertiary/aromatic N) is 3. The highest BCUT2D eigenvalue weighted by molar-refractivity contribution is 14.0. The van der Waals surface area contributed by atoms with Gasteiger partial charge in [-0.1, -0.05) is 19.3 Å². The highest BCUT2D eigenvalue weighted by atomic mass is 127. The summed E-state index contributed by atoms with van der Waals surface area (Å²) in [6.45, 7) is 5.09. The van der Waals surface area contributed by atoms with E-state index in [2.05, 4.69) is 32.5 Å². The maximum absolute atomic E-state index is 12.7. The van der Waals surface area contributed by atoms with Crippen LogP contribution in [0.3, 0.4) is 0 Å². The zero-order valence-corrected chi connectivity index (χ0v) is 19.5. The van der Waals surface area contributed by atoms with Gasteiger partial charge in [-0.25, -0.2) is 0 Å². The number of nitrogens with one attached hydrogen (secondary N) is 2. The largest absolute Gasteiger partial charge is 0.383 e. The Morgan fingerprint density at radius 1 is 1.22 bits per heavy atom. The zero-order chi connectivity index (χ0) is 18.8. The van der Waals surface area contributed by atoms with Crippen LogP contribution in [0.4, 0.5) is 0 Å². The maximum atomic E-state index is 12.7. The number of amides is 1. The van der Waals surface area contributed by atoms with E-state index in [1.165, 1.54) is 19.3 Å². The number of methoxy groups -OCH3 is 1. The molecule has 2 aliphatic rings. The quantitative estimate of drug-likeness (QED) is 0.304. The summed E-state index contributed by atoms with van der Waals surface area (Å²) < 4.78 is 5.09. The summed E-state index contributed by atoms with van der Waals surface area (Å²) in [5, 5.41) is 6.84. The Hall–Kier alpha value is -0.610. The van der Waals surface area contributed by atoms with Crippen LogP contribution in [-0.2, 0) is 9.53 Å². The molecule has 27 heavy (non-hydrogen) atoms. The predicted molar refractivity (Wildman–Crippen MR) is 121 cm³/mol. The fraction of sp³-hybridized carbons (Fsp3) is 0.895. The van der Waals surface area contributed by atoms with Crippen molar-refractivity contribution in [1.82, 2.24) is 20.4 Å². The first-order chi connectivity index (χ1) is 12.6. The third kappa shape index (κ3) is 8.51. The topological polar surface area (TPSA) is 69.2 Å². The molecule has 1 saturated heterocycles. The van der Waals surface area contributed by atoms with Crippen molar-refractivity contribution < 1.29 is 9.53 Å². The molecule has 158 valence electrons. The van der Waals surface area contributed by atoms with E-state index in [0.29, 0.717) is 11.9 Å². The van der Waals surface area contributed by atoms with Crippen molar-refractivity contribution in [1.29, 1.82) is 0 Å². The Bertz CT molecular complexity index is 457. The van der Waals surface area contributed by atoms with Gasteiger partial charge >= 0.3 is 0 Å². The number of hydrogen-bond donors (Lipinski definition) is 2. The van der Waals surface area contributed by atoms with E-state index in [1.807, 2.05) is 0 Å². The van der Waals surface area contributed by atoms with E-state index in [9.17, 15) is 4.79 Å². The van der Waals surface area contributed by atoms with Crippen LogP contribution in [-0.4, -0.2) is 88.2 Å². The van der Waals surface area contributed by atoms with Crippen molar-refractivity contribution >= 4 is 35.8 Å². The van der Waals surface area contributed by atoms with Crippen molar-refractivity contribution in [3.63, 3.8) is 0 Å². The first-order valence-electron chi connectivity index (χ1n) is 10.1. The number of hydrogen-bond acceptors (Lipinski definition) is 4. The molecule has 1 heterocycles. The predicted octanol–water partition coefficient (Wildman–Crippen LogP) is 1.53. The summed E-state index contributed by atoms with van der Waals surface area (Å²) in [4.78, 5) is 21.3. The standard InChI is InChI=1S/C19H37N5O2.HI/c1-20-19(21-10-12-23(2)13-14-26-3)22-17-9-11-24(15-17)18(25)16-7-5-4-6-8-16;/h16-17H,4-15H2,1-3H3,(H2,20,21,22);1H. The molecule has 2 fully saturated rings. The van der Waals surface area contributed by atoms with Gasteiger partial charge in [0.15, 0.2) is 5.96 Å². The SMILES string of the molecule is CN=C(NCCN(C)CCOC)NC1CCN(C(=O)C2CCCCC2)C1.I. The average molecular weight is 495 g/mol. The number of likely N-dealkylation sites (tertiary alicyclic amines) is 1. The molecule has 0 aromatic rings. The van der Waals surface area contributed by atoms with Crippen molar-refractivity contribution in [3.8, 4) is 0 Å². The minimum Gasteiger partial charge on any atom is -0.383 e. The molecule has 7 nitrogen and oxygen atoms in total. The maximum Gasteiger partial charge on any atom is 0.225 e. The lowest BCUT2D eigenvalue weighted by atomic mass is 9.88. The van der Waals surface area contributed by atoms with Gasteiger partial charge in [0.2, 0.25) is 5.91 Å². The van der Waals surface area contributed by atoms with Crippen molar-refractivity contribution in [2.45, 2.75) is 44.6 Å². The van der Waals surface area contributed by atoms with Gasteiger partial charge in [-0.2, -0.15) is 0 Å². The molecule has 0 radical (unpaired) electrons. The van der Waals surface area contributed by atoms with Crippen LogP contribution in [0.5, 0.6) is 0 Å². The molecule has 2 N–H and O–H groups in total. The highest BCUT2D eigenvalue weighted by Crippen LogP contribution is 2.26. The fourth-order valence-electron chi connectivity index (χ4n) is 3.80. The summed E-state index contributed by atoms with van der Waals surface area (Å²) in [5.74, 6) is 1.46. The summed E-state index contributed by atoms with van der Waals surface area (Å²) >= 11 is 0. The number of guanidine groups is 1. The summed E-state index contributed by atoms with van der Waals surface area (Å²) in [6.07, 6.45) is 6.85. The second-order valence-electron chi connectivity index (χ2n) is 7.54. The molecule has 0 bridgehead atoms. The minimum atomic E-state index is 0. The second kappa shape index (κ2) is 13.5. The molecule has 0 aromatic heterocycles. The molecule has 1 aliphatic carbocycles. The number of rotatable bonds is 8. The normalized spacial score (nSPS) is 21.3. The molecule has 1 aliphatic heterocycles. The van der Waals surface area contributed by atoms with Gasteiger partial charge < -0.3 is 25.2 Å². The van der Waals surface area contributed by atoms with E-state index < -0.39 is 0 Å². The molecule has 1 atom stereocenters. The van der Waals surface area contributed by atoms with Crippen molar-refractivity contribution in [2.75, 3.05) is 60.5 Å². The lowest BCUT2D eigenvalue weighted by Crippen LogP contribution is -2.47. The molecular weight excluding hydrogens is 457 g/mol. The fourth-order valence-corrected chi connectivity index (χ4v) is 3.80. The van der Waals surface area contributed by atoms with Crippen molar-refractivity contribution in [3.05, 3.63) is 0 Å². The van der Waals surface area contributed by atoms with E-state index in [4.69, 9.17) is 4.74 Å². The number of carbonyl (C=O) groups excluding carboxylic acids is 1. The lowest BCUT2D eigenvalue weighted by molar-refractivity contribution is -0.135. The van der Waals surface area contributed by atoms with Gasteiger partial charge in [0, 0.05) is 58.8 Å². The van der Waals surface area contributed by atoms with Crippen LogP contribution in [0.15, 0.2) is 4.99 Å². The average Bonchev–Trinajstić information content (AvgIpc) is 3.14. The van der Waals surface area contributed by atoms with Gasteiger partial charge in [-0.3, -0.25) is 9.79 Å². The highest BCUT2D eigenvalue weighted by Gasteiger charge is 2.31. The van der Waals surface area contributed by atoms with Gasteiger partial charge in [-0.05, 0) is 26.3 Å². The van der Waals surface area contributed by atoms with Gasteiger partial charge in [0.25, 0.3) is 0 Å². The van der Waals surface area contributed by atoms with E-state index in [1.54, 1.807) is 14.2 Å². The summed E-state index contributed by atoms with van der Waals surface area (Å²) in [5.41, 5.74) is 0. The first kappa shape index (κ1) is 24.4. The smallest absolute Gasteiger partial charge is 0.225 e. The van der Waals surface area contributed by atoms with Gasteiger partial charge in [0.05, 0.1) is 6.61 Å². The Balaban J connectivity index is 0.00000364. The van der Waals surface area contributed by atoms with E-state index in [-0.39, 0.29) is 29.9 Å². The molecule has 1 amide bonds. The monoisotopic (exact) mass is 495 g/mol. The van der Waals surface area contributed by atoms with Crippen LogP contribution < -0.4 is 10.6 Å². The number of likely N-dealkylation sites (N-methyl/N-ethyl adjacent to an activating group) is 1. The number of ether oxygens (including phenoxy) is 1. The second-order valence-corrected chi connectivity index (χ2v) is 7.54. The Labute approximate surface area is 181 Å². The molecule has 0 spiro atoms. The molecule has 1 unspecified atom stereocenters. The number of halogens is 1. The third-order valence-electron chi connectivity index (χ3n) is 5.48. The van der Waals surface area contributed by atoms with E-state index in [0.717, 1.165) is 64.6 Å². The number of aliphatic imine (C=N–C) groups is 1. The molecule has 2 rings (SSSR count). The van der Waals surface area contributed by atoms with Crippen LogP contribution in [0, 0.1) is 5.92 Å². The Morgan fingerprint density at radius 3 is 2.63 bits per heavy atom. The van der Waals surface area contributed by atoms with Crippen LogP contribution in [0.1, 0.15) is 38.5 Å². The lowest BCUT2D eigenvalue weighted by Gasteiger charge is -2.26. The summed E-state index contributed by atoms with van der Waals surface area (Å²) in [7, 11) is 5.61. The summed E-state index contributed by atoms with van der Waals surface area (Å²) in [6, 6.07) is 0.292. The third-order valence-corrected chi connectivity index (χ3v) is 5.48. The number of carbonyl (C=O) groups is 1. The Morgan fingerprint density at radius 2 is 1.96 bits per heavy atom. The molecule has 0 aromatic carbocycles. The van der Waals surface area contributed by atoms with Gasteiger partial charge in [-0.15, -0.1) is 24.0 Å². The minimum absolute atomic E-state index is 0. The van der Waals surface area contributed by atoms with Crippen LogP contribution >= 0.6 is 24.0 Å². The zero-order valence-electron chi connectivity index (χ0n) is 17.2. The first-order valence-corrected chi connectivity index (χ1v) is 10.1. The molecular formula is C19H38IN5O2. The molecule has 1 saturated carbocycles.